The fourth-order valence-corrected chi connectivity index (χ4v) is 2.38. The largest absolute Gasteiger partial charge is 0.574 e. The third kappa shape index (κ3) is 3.99. The van der Waals surface area contributed by atoms with E-state index < -0.39 is 12.2 Å². The zero-order valence-electron chi connectivity index (χ0n) is 8.18. The van der Waals surface area contributed by atoms with Crippen LogP contribution in [0.5, 0.6) is 5.88 Å². The van der Waals surface area contributed by atoms with Crippen molar-refractivity contribution in [1.82, 2.24) is 4.98 Å². The second-order valence-corrected chi connectivity index (χ2v) is 4.61. The average molecular weight is 421 g/mol. The van der Waals surface area contributed by atoms with E-state index in [1.807, 2.05) is 28.7 Å². The molecule has 8 heteroatoms. The van der Waals surface area contributed by atoms with Crippen LogP contribution in [0.4, 0.5) is 13.2 Å². The molecule has 0 saturated heterocycles. The van der Waals surface area contributed by atoms with Crippen molar-refractivity contribution in [1.29, 1.82) is 5.26 Å². The van der Waals surface area contributed by atoms with Crippen LogP contribution in [0.3, 0.4) is 0 Å². The summed E-state index contributed by atoms with van der Waals surface area (Å²) in [7, 11) is 0. The molecule has 17 heavy (non-hydrogen) atoms. The number of aromatic nitrogens is 1. The van der Waals surface area contributed by atoms with Gasteiger partial charge >= 0.3 is 6.36 Å². The number of hydrogen-bond acceptors (Lipinski definition) is 3. The molecule has 0 aromatic carbocycles. The maximum Gasteiger partial charge on any atom is 0.574 e. The second-order valence-electron chi connectivity index (χ2n) is 2.88. The highest BCUT2D eigenvalue weighted by Crippen LogP contribution is 2.30. The number of nitriles is 1. The highest BCUT2D eigenvalue weighted by atomic mass is 127. The first-order valence-electron chi connectivity index (χ1n) is 4.24. The Labute approximate surface area is 117 Å². The quantitative estimate of drug-likeness (QED) is 0.555. The van der Waals surface area contributed by atoms with Crippen molar-refractivity contribution >= 4 is 38.5 Å². The Hall–Kier alpha value is -0.560. The van der Waals surface area contributed by atoms with Gasteiger partial charge in [0.15, 0.2) is 0 Å². The standard InChI is InChI=1S/C9H5BrF3IN2O/c10-3-6-5(1-2-15)7(14)4-16-8(6)17-9(11,12)13/h4H,1,3H2. The van der Waals surface area contributed by atoms with Gasteiger partial charge in [-0.25, -0.2) is 4.98 Å². The predicted octanol–water partition coefficient (Wildman–Crippen LogP) is 3.55. The second kappa shape index (κ2) is 5.86. The van der Waals surface area contributed by atoms with Gasteiger partial charge in [0.1, 0.15) is 0 Å². The number of rotatable bonds is 3. The molecule has 92 valence electrons. The van der Waals surface area contributed by atoms with Crippen molar-refractivity contribution in [3.05, 3.63) is 20.9 Å². The maximum absolute atomic E-state index is 12.1. The molecule has 1 aromatic rings. The van der Waals surface area contributed by atoms with Crippen LogP contribution in [0.2, 0.25) is 0 Å². The SMILES string of the molecule is N#CCc1c(I)cnc(OC(F)(F)F)c1CBr. The van der Waals surface area contributed by atoms with E-state index >= 15 is 0 Å². The van der Waals surface area contributed by atoms with Gasteiger partial charge in [0.2, 0.25) is 5.88 Å². The number of halogens is 5. The van der Waals surface area contributed by atoms with E-state index in [1.165, 1.54) is 6.20 Å². The molecule has 0 aliphatic rings. The van der Waals surface area contributed by atoms with Gasteiger partial charge in [-0.3, -0.25) is 0 Å². The summed E-state index contributed by atoms with van der Waals surface area (Å²) < 4.78 is 40.8. The third-order valence-corrected chi connectivity index (χ3v) is 3.30. The molecule has 0 fully saturated rings. The van der Waals surface area contributed by atoms with Gasteiger partial charge < -0.3 is 4.74 Å². The van der Waals surface area contributed by atoms with Crippen molar-refractivity contribution in [2.24, 2.45) is 0 Å². The Morgan fingerprint density at radius 1 is 1.47 bits per heavy atom. The molecule has 0 saturated carbocycles. The molecule has 0 amide bonds. The fraction of sp³-hybridized carbons (Fsp3) is 0.333. The summed E-state index contributed by atoms with van der Waals surface area (Å²) in [6, 6.07) is 1.90. The Kier molecular flexibility index (Phi) is 5.00. The molecule has 0 unspecified atom stereocenters. The van der Waals surface area contributed by atoms with E-state index in [2.05, 4.69) is 25.7 Å². The van der Waals surface area contributed by atoms with E-state index in [4.69, 9.17) is 5.26 Å². The average Bonchev–Trinajstić information content (AvgIpc) is 2.21. The Morgan fingerprint density at radius 2 is 2.12 bits per heavy atom. The number of nitrogens with zero attached hydrogens (tertiary/aromatic N) is 2. The minimum Gasteiger partial charge on any atom is -0.388 e. The molecule has 0 aliphatic carbocycles. The summed E-state index contributed by atoms with van der Waals surface area (Å²) in [5.74, 6) is -0.514. The third-order valence-electron chi connectivity index (χ3n) is 1.81. The number of hydrogen-bond donors (Lipinski definition) is 0. The van der Waals surface area contributed by atoms with Gasteiger partial charge in [0.05, 0.1) is 12.5 Å². The summed E-state index contributed by atoms with van der Waals surface area (Å²) in [6.07, 6.45) is -3.53. The Bertz CT molecular complexity index is 459. The van der Waals surface area contributed by atoms with Gasteiger partial charge in [-0.05, 0) is 28.2 Å². The van der Waals surface area contributed by atoms with Crippen LogP contribution in [-0.4, -0.2) is 11.3 Å². The van der Waals surface area contributed by atoms with Crippen LogP contribution >= 0.6 is 38.5 Å². The normalized spacial score (nSPS) is 11.1. The summed E-state index contributed by atoms with van der Waals surface area (Å²) in [4.78, 5) is 3.59. The lowest BCUT2D eigenvalue weighted by molar-refractivity contribution is -0.276. The molecule has 0 atom stereocenters. The summed E-state index contributed by atoms with van der Waals surface area (Å²) in [6.45, 7) is 0. The van der Waals surface area contributed by atoms with E-state index in [1.54, 1.807) is 0 Å². The first kappa shape index (κ1) is 14.5. The lowest BCUT2D eigenvalue weighted by Gasteiger charge is -2.14. The fourth-order valence-electron chi connectivity index (χ4n) is 1.15. The van der Waals surface area contributed by atoms with Crippen molar-refractivity contribution in [2.75, 3.05) is 0 Å². The van der Waals surface area contributed by atoms with E-state index in [0.717, 1.165) is 0 Å². The lowest BCUT2D eigenvalue weighted by Crippen LogP contribution is -2.19. The van der Waals surface area contributed by atoms with Crippen LogP contribution < -0.4 is 4.74 Å². The monoisotopic (exact) mass is 420 g/mol. The maximum atomic E-state index is 12.1. The molecule has 1 heterocycles. The van der Waals surface area contributed by atoms with E-state index in [9.17, 15) is 13.2 Å². The van der Waals surface area contributed by atoms with Crippen LogP contribution in [0.15, 0.2) is 6.20 Å². The molecule has 0 bridgehead atoms. The zero-order valence-corrected chi connectivity index (χ0v) is 11.9. The Morgan fingerprint density at radius 3 is 2.59 bits per heavy atom. The number of alkyl halides is 4. The minimum absolute atomic E-state index is 0.00986. The molecule has 0 N–H and O–H groups in total. The number of pyridine rings is 1. The first-order valence-corrected chi connectivity index (χ1v) is 6.44. The van der Waals surface area contributed by atoms with Crippen LogP contribution in [0.25, 0.3) is 0 Å². The topological polar surface area (TPSA) is 45.9 Å². The van der Waals surface area contributed by atoms with E-state index in [-0.39, 0.29) is 17.3 Å². The Balaban J connectivity index is 3.24. The van der Waals surface area contributed by atoms with Gasteiger partial charge in [0, 0.05) is 20.7 Å². The first-order chi connectivity index (χ1) is 7.89. The molecule has 3 nitrogen and oxygen atoms in total. The highest BCUT2D eigenvalue weighted by molar-refractivity contribution is 14.1. The lowest BCUT2D eigenvalue weighted by atomic mass is 10.1. The molecule has 0 radical (unpaired) electrons. The van der Waals surface area contributed by atoms with Gasteiger partial charge in [-0.15, -0.1) is 13.2 Å². The highest BCUT2D eigenvalue weighted by Gasteiger charge is 2.33. The summed E-state index contributed by atoms with van der Waals surface area (Å²) >= 11 is 4.99. The molecular weight excluding hydrogens is 416 g/mol. The minimum atomic E-state index is -4.79. The molecule has 0 aliphatic heterocycles. The van der Waals surface area contributed by atoms with Crippen molar-refractivity contribution in [3.63, 3.8) is 0 Å². The predicted molar refractivity (Wildman–Crippen MR) is 65.6 cm³/mol. The molecular formula is C9H5BrF3IN2O. The molecule has 1 aromatic heterocycles. The van der Waals surface area contributed by atoms with Crippen LogP contribution in [0.1, 0.15) is 11.1 Å². The van der Waals surface area contributed by atoms with Gasteiger partial charge in [-0.2, -0.15) is 5.26 Å². The number of ether oxygens (including phenoxy) is 1. The van der Waals surface area contributed by atoms with E-state index in [0.29, 0.717) is 9.13 Å². The van der Waals surface area contributed by atoms with Crippen LogP contribution in [-0.2, 0) is 11.8 Å². The van der Waals surface area contributed by atoms with Crippen LogP contribution in [0, 0.1) is 14.9 Å². The van der Waals surface area contributed by atoms with Gasteiger partial charge in [-0.1, -0.05) is 15.9 Å². The van der Waals surface area contributed by atoms with Crippen molar-refractivity contribution in [2.45, 2.75) is 18.1 Å². The molecule has 0 spiro atoms. The van der Waals surface area contributed by atoms with Gasteiger partial charge in [0.25, 0.3) is 0 Å². The molecule has 1 rings (SSSR count). The van der Waals surface area contributed by atoms with Crippen molar-refractivity contribution in [3.8, 4) is 11.9 Å². The smallest absolute Gasteiger partial charge is 0.388 e. The summed E-state index contributed by atoms with van der Waals surface area (Å²) in [5.41, 5.74) is 0.745. The summed E-state index contributed by atoms with van der Waals surface area (Å²) in [5, 5.41) is 8.77. The zero-order chi connectivity index (χ0) is 13.1. The van der Waals surface area contributed by atoms with Crippen molar-refractivity contribution < 1.29 is 17.9 Å².